The topological polar surface area (TPSA) is 106 Å². The molecule has 0 aromatic heterocycles. The Bertz CT molecular complexity index is 1980. The first-order valence-corrected chi connectivity index (χ1v) is 19.6. The lowest BCUT2D eigenvalue weighted by molar-refractivity contribution is 0.0606. The maximum absolute atomic E-state index is 15.4. The third-order valence-electron chi connectivity index (χ3n) is 10.0. The van der Waals surface area contributed by atoms with E-state index in [4.69, 9.17) is 4.74 Å². The number of hydrogen-bond donors (Lipinski definition) is 0. The first kappa shape index (κ1) is 37.8. The number of rotatable bonds is 6. The van der Waals surface area contributed by atoms with Gasteiger partial charge in [-0.25, -0.2) is 13.4 Å². The SMILES string of the molecule is Cc1cc(C)c(C(=O)N2CCN(c3cccc(F)c3[S@](C)(=O)=NC(=O)OC(C)(C)C)C[C@@H]2C)c(C)c1CC1CCN(c2ccccc2C#N)CC1. The number of ether oxygens (including phenoxy) is 1. The Morgan fingerprint density at radius 2 is 1.65 bits per heavy atom. The molecule has 2 atom stereocenters. The average molecular weight is 716 g/mol. The fourth-order valence-corrected chi connectivity index (χ4v) is 9.02. The van der Waals surface area contributed by atoms with Crippen LogP contribution in [0.15, 0.2) is 57.8 Å². The van der Waals surface area contributed by atoms with Gasteiger partial charge in [-0.2, -0.15) is 5.26 Å². The summed E-state index contributed by atoms with van der Waals surface area (Å²) in [6, 6.07) is 16.4. The molecule has 2 saturated heterocycles. The molecule has 0 radical (unpaired) electrons. The van der Waals surface area contributed by atoms with Crippen molar-refractivity contribution in [2.45, 2.75) is 84.3 Å². The Balaban J connectivity index is 1.32. The van der Waals surface area contributed by atoms with Crippen molar-refractivity contribution in [1.29, 1.82) is 5.26 Å². The van der Waals surface area contributed by atoms with Crippen molar-refractivity contribution in [2.24, 2.45) is 10.3 Å². The predicted octanol–water partition coefficient (Wildman–Crippen LogP) is 7.82. The van der Waals surface area contributed by atoms with Gasteiger partial charge in [-0.05, 0) is 120 Å². The number of piperidine rings is 1. The van der Waals surface area contributed by atoms with E-state index in [1.54, 1.807) is 32.9 Å². The molecular weight excluding hydrogens is 666 g/mol. The molecule has 2 aliphatic rings. The zero-order valence-corrected chi connectivity index (χ0v) is 31.9. The number of hydrogen-bond acceptors (Lipinski definition) is 7. The molecule has 2 fully saturated rings. The molecule has 0 bridgehead atoms. The van der Waals surface area contributed by atoms with Crippen LogP contribution in [0.1, 0.15) is 78.7 Å². The second-order valence-electron chi connectivity index (χ2n) is 15.0. The van der Waals surface area contributed by atoms with Gasteiger partial charge in [0.15, 0.2) is 0 Å². The van der Waals surface area contributed by atoms with Crippen LogP contribution in [0.2, 0.25) is 0 Å². The second-order valence-corrected chi connectivity index (χ2v) is 17.2. The Labute approximate surface area is 302 Å². The maximum Gasteiger partial charge on any atom is 0.442 e. The molecule has 51 heavy (non-hydrogen) atoms. The summed E-state index contributed by atoms with van der Waals surface area (Å²) in [6.45, 7) is 16.1. The number of carbonyl (C=O) groups is 2. The van der Waals surface area contributed by atoms with Crippen LogP contribution < -0.4 is 9.80 Å². The third kappa shape index (κ3) is 8.39. The molecule has 0 saturated carbocycles. The summed E-state index contributed by atoms with van der Waals surface area (Å²) >= 11 is 0. The quantitative estimate of drug-likeness (QED) is 0.256. The van der Waals surface area contributed by atoms with E-state index in [1.807, 2.05) is 47.9 Å². The highest BCUT2D eigenvalue weighted by Gasteiger charge is 2.33. The largest absolute Gasteiger partial charge is 0.442 e. The van der Waals surface area contributed by atoms with Crippen molar-refractivity contribution >= 4 is 33.1 Å². The molecule has 2 aliphatic heterocycles. The highest BCUT2D eigenvalue weighted by atomic mass is 32.2. The summed E-state index contributed by atoms with van der Waals surface area (Å²) in [5.74, 6) is -0.271. The van der Waals surface area contributed by atoms with E-state index in [-0.39, 0.29) is 16.8 Å². The van der Waals surface area contributed by atoms with E-state index in [9.17, 15) is 19.1 Å². The van der Waals surface area contributed by atoms with Gasteiger partial charge in [0.25, 0.3) is 5.91 Å². The van der Waals surface area contributed by atoms with Gasteiger partial charge in [-0.15, -0.1) is 4.36 Å². The van der Waals surface area contributed by atoms with Gasteiger partial charge in [0.2, 0.25) is 0 Å². The summed E-state index contributed by atoms with van der Waals surface area (Å²) in [4.78, 5) is 32.8. The Morgan fingerprint density at radius 1 is 0.980 bits per heavy atom. The molecular formula is C40H50FN5O4S. The monoisotopic (exact) mass is 715 g/mol. The van der Waals surface area contributed by atoms with E-state index < -0.39 is 27.2 Å². The van der Waals surface area contributed by atoms with Crippen molar-refractivity contribution in [3.63, 3.8) is 0 Å². The normalized spacial score (nSPS) is 18.2. The van der Waals surface area contributed by atoms with Crippen LogP contribution in [-0.2, 0) is 20.9 Å². The number of nitrogens with zero attached hydrogens (tertiary/aromatic N) is 5. The van der Waals surface area contributed by atoms with Crippen LogP contribution in [0, 0.1) is 43.8 Å². The second kappa shape index (κ2) is 15.0. The van der Waals surface area contributed by atoms with E-state index >= 15 is 4.39 Å². The molecule has 2 heterocycles. The minimum absolute atomic E-state index is 0.0278. The van der Waals surface area contributed by atoms with E-state index in [2.05, 4.69) is 35.2 Å². The van der Waals surface area contributed by atoms with Crippen LogP contribution in [0.4, 0.5) is 20.6 Å². The number of halogens is 1. The van der Waals surface area contributed by atoms with Crippen molar-refractivity contribution in [2.75, 3.05) is 48.8 Å². The van der Waals surface area contributed by atoms with Gasteiger partial charge in [0.05, 0.1) is 26.7 Å². The molecule has 5 rings (SSSR count). The molecule has 2 amide bonds. The van der Waals surface area contributed by atoms with Crippen LogP contribution in [0.5, 0.6) is 0 Å². The maximum atomic E-state index is 15.4. The number of nitriles is 1. The van der Waals surface area contributed by atoms with Gasteiger partial charge >= 0.3 is 6.09 Å². The number of para-hydroxylation sites is 1. The summed E-state index contributed by atoms with van der Waals surface area (Å²) < 4.78 is 38.2. The summed E-state index contributed by atoms with van der Waals surface area (Å²) in [6.07, 6.45) is 3.14. The van der Waals surface area contributed by atoms with Crippen LogP contribution >= 0.6 is 0 Å². The first-order chi connectivity index (χ1) is 24.0. The van der Waals surface area contributed by atoms with Crippen molar-refractivity contribution < 1.29 is 22.9 Å². The van der Waals surface area contributed by atoms with Gasteiger partial charge in [-0.1, -0.05) is 24.3 Å². The highest BCUT2D eigenvalue weighted by Crippen LogP contribution is 2.34. The smallest absolute Gasteiger partial charge is 0.442 e. The fraction of sp³-hybridized carbons (Fsp3) is 0.475. The minimum Gasteiger partial charge on any atom is -0.442 e. The minimum atomic E-state index is -3.50. The molecule has 0 aliphatic carbocycles. The molecule has 0 unspecified atom stereocenters. The molecule has 3 aromatic rings. The predicted molar refractivity (Wildman–Crippen MR) is 201 cm³/mol. The fourth-order valence-electron chi connectivity index (χ4n) is 7.59. The van der Waals surface area contributed by atoms with E-state index in [0.29, 0.717) is 36.8 Å². The number of piperazine rings is 1. The van der Waals surface area contributed by atoms with E-state index in [1.165, 1.54) is 23.4 Å². The number of carbonyl (C=O) groups excluding carboxylic acids is 2. The van der Waals surface area contributed by atoms with Gasteiger partial charge < -0.3 is 19.4 Å². The molecule has 9 nitrogen and oxygen atoms in total. The number of aryl methyl sites for hydroxylation is 2. The zero-order chi connectivity index (χ0) is 37.2. The highest BCUT2D eigenvalue weighted by molar-refractivity contribution is 7.93. The van der Waals surface area contributed by atoms with Gasteiger partial charge in [-0.3, -0.25) is 4.79 Å². The van der Waals surface area contributed by atoms with Crippen molar-refractivity contribution in [3.05, 3.63) is 87.7 Å². The van der Waals surface area contributed by atoms with E-state index in [0.717, 1.165) is 54.7 Å². The van der Waals surface area contributed by atoms with Crippen molar-refractivity contribution in [3.8, 4) is 6.07 Å². The van der Waals surface area contributed by atoms with Crippen LogP contribution in [0.3, 0.4) is 0 Å². The lowest BCUT2D eigenvalue weighted by Gasteiger charge is -2.42. The zero-order valence-electron chi connectivity index (χ0n) is 31.1. The summed E-state index contributed by atoms with van der Waals surface area (Å²) in [5.41, 5.74) is 6.36. The molecule has 0 N–H and O–H groups in total. The lowest BCUT2D eigenvalue weighted by Crippen LogP contribution is -2.54. The average Bonchev–Trinajstić information content (AvgIpc) is 3.05. The Kier molecular flexibility index (Phi) is 11.2. The standard InChI is InChI=1S/C40H50FN5O4S/c1-26-22-27(2)36(29(4)32(26)23-30-16-18-44(19-17-30)34-14-10-9-12-31(34)24-42)38(47)46-21-20-45(25-28(46)3)35-15-11-13-33(41)37(35)51(8,49)43-39(48)50-40(5,6)7/h9-15,22,28,30H,16-21,23,25H2,1-8H3/t28-,51-/m0/s1. The Hall–Kier alpha value is -4.43. The number of amides is 2. The molecule has 11 heteroatoms. The molecule has 0 spiro atoms. The first-order valence-electron chi connectivity index (χ1n) is 17.6. The molecule has 3 aromatic carbocycles. The summed E-state index contributed by atoms with van der Waals surface area (Å²) in [7, 11) is -3.50. The molecule has 272 valence electrons. The third-order valence-corrected chi connectivity index (χ3v) is 11.7. The Morgan fingerprint density at radius 3 is 2.29 bits per heavy atom. The van der Waals surface area contributed by atoms with Crippen molar-refractivity contribution in [1.82, 2.24) is 4.90 Å². The van der Waals surface area contributed by atoms with Gasteiger partial charge in [0.1, 0.15) is 22.4 Å². The van der Waals surface area contributed by atoms with Crippen LogP contribution in [0.25, 0.3) is 0 Å². The number of anilines is 2. The number of benzene rings is 3. The van der Waals surface area contributed by atoms with Crippen LogP contribution in [-0.4, -0.2) is 71.7 Å². The summed E-state index contributed by atoms with van der Waals surface area (Å²) in [5, 5.41) is 9.58. The lowest BCUT2D eigenvalue weighted by atomic mass is 9.83. The van der Waals surface area contributed by atoms with Gasteiger partial charge in [0, 0.05) is 50.6 Å².